The molecule has 4 aliphatic rings. The Morgan fingerprint density at radius 1 is 0.685 bits per heavy atom. The highest BCUT2D eigenvalue weighted by Crippen LogP contribution is 2.46. The first-order chi connectivity index (χ1) is 26.4. The van der Waals surface area contributed by atoms with E-state index in [1.807, 2.05) is 24.3 Å². The molecule has 3 unspecified atom stereocenters. The van der Waals surface area contributed by atoms with Crippen molar-refractivity contribution in [2.45, 2.75) is 56.4 Å². The Hall–Kier alpha value is -4.99. The van der Waals surface area contributed by atoms with Crippen LogP contribution in [0.25, 0.3) is 0 Å². The van der Waals surface area contributed by atoms with Gasteiger partial charge in [-0.2, -0.15) is 0 Å². The molecule has 3 atom stereocenters. The number of amides is 3. The van der Waals surface area contributed by atoms with Crippen LogP contribution in [-0.2, 0) is 20.8 Å². The summed E-state index contributed by atoms with van der Waals surface area (Å²) >= 11 is 0. The van der Waals surface area contributed by atoms with Crippen molar-refractivity contribution in [3.05, 3.63) is 125 Å². The minimum atomic E-state index is -0.463. The van der Waals surface area contributed by atoms with Gasteiger partial charge in [0, 0.05) is 75.2 Å². The van der Waals surface area contributed by atoms with Crippen LogP contribution in [0.4, 0.5) is 17.1 Å². The fourth-order valence-electron chi connectivity index (χ4n) is 9.12. The number of piperidine rings is 2. The monoisotopic (exact) mass is 724 g/mol. The summed E-state index contributed by atoms with van der Waals surface area (Å²) in [6, 6.07) is 36.6. The Kier molecular flexibility index (Phi) is 11.1. The van der Waals surface area contributed by atoms with E-state index in [0.717, 1.165) is 57.9 Å². The number of nitrogens with zero attached hydrogens (tertiary/aromatic N) is 3. The van der Waals surface area contributed by atoms with Gasteiger partial charge in [0.05, 0.1) is 6.54 Å². The molecule has 0 aromatic heterocycles. The van der Waals surface area contributed by atoms with Gasteiger partial charge in [0.1, 0.15) is 6.04 Å². The maximum atomic E-state index is 12.9. The number of piperazine rings is 1. The molecule has 3 aliphatic heterocycles. The number of fused-ring (bicyclic) bond motifs is 1. The summed E-state index contributed by atoms with van der Waals surface area (Å²) in [5.74, 6) is 0.966. The predicted molar refractivity (Wildman–Crippen MR) is 215 cm³/mol. The number of anilines is 3. The number of carbonyl (C=O) groups excluding carboxylic acids is 3. The first-order valence-corrected chi connectivity index (χ1v) is 19.9. The highest BCUT2D eigenvalue weighted by molar-refractivity contribution is 6.01. The number of rotatable bonds is 10. The molecule has 3 heterocycles. The van der Waals surface area contributed by atoms with E-state index < -0.39 is 6.04 Å². The third-order valence-electron chi connectivity index (χ3n) is 12.1. The van der Waals surface area contributed by atoms with Crippen molar-refractivity contribution < 1.29 is 14.4 Å². The highest BCUT2D eigenvalue weighted by atomic mass is 16.2. The third kappa shape index (κ3) is 8.53. The zero-order valence-corrected chi connectivity index (χ0v) is 31.1. The van der Waals surface area contributed by atoms with Gasteiger partial charge in [-0.25, -0.2) is 0 Å². The molecular formula is C45H52N6O3. The van der Waals surface area contributed by atoms with Gasteiger partial charge in [0.15, 0.2) is 0 Å². The average Bonchev–Trinajstić information content (AvgIpc) is 3.20. The number of imide groups is 1. The Morgan fingerprint density at radius 3 is 2.19 bits per heavy atom. The van der Waals surface area contributed by atoms with Crippen LogP contribution in [-0.4, -0.2) is 85.9 Å². The molecule has 280 valence electrons. The Morgan fingerprint density at radius 2 is 1.41 bits per heavy atom. The first kappa shape index (κ1) is 36.0. The molecule has 1 aliphatic carbocycles. The van der Waals surface area contributed by atoms with Crippen molar-refractivity contribution in [3.8, 4) is 0 Å². The molecule has 9 nitrogen and oxygen atoms in total. The van der Waals surface area contributed by atoms with E-state index in [-0.39, 0.29) is 17.7 Å². The van der Waals surface area contributed by atoms with Crippen LogP contribution in [0.2, 0.25) is 0 Å². The Bertz CT molecular complexity index is 1920. The zero-order chi connectivity index (χ0) is 36.9. The van der Waals surface area contributed by atoms with Gasteiger partial charge in [0.25, 0.3) is 0 Å². The zero-order valence-electron chi connectivity index (χ0n) is 31.1. The molecule has 0 spiro atoms. The van der Waals surface area contributed by atoms with E-state index in [4.69, 9.17) is 0 Å². The van der Waals surface area contributed by atoms with Crippen LogP contribution >= 0.6 is 0 Å². The largest absolute Gasteiger partial charge is 0.374 e. The lowest BCUT2D eigenvalue weighted by Crippen LogP contribution is -2.50. The topological polar surface area (TPSA) is 97.0 Å². The molecule has 4 aromatic rings. The van der Waals surface area contributed by atoms with Crippen molar-refractivity contribution in [2.75, 3.05) is 67.9 Å². The summed E-state index contributed by atoms with van der Waals surface area (Å²) < 4.78 is 0. The third-order valence-corrected chi connectivity index (χ3v) is 12.1. The second kappa shape index (κ2) is 16.6. The number of benzene rings is 4. The first-order valence-electron chi connectivity index (χ1n) is 19.9. The normalized spacial score (nSPS) is 22.7. The van der Waals surface area contributed by atoms with Crippen molar-refractivity contribution in [3.63, 3.8) is 0 Å². The van der Waals surface area contributed by atoms with E-state index in [2.05, 4.69) is 110 Å². The average molecular weight is 725 g/mol. The predicted octanol–water partition coefficient (Wildman–Crippen LogP) is 6.24. The van der Waals surface area contributed by atoms with Crippen LogP contribution in [0.3, 0.4) is 0 Å². The molecule has 3 saturated heterocycles. The fourth-order valence-corrected chi connectivity index (χ4v) is 9.12. The van der Waals surface area contributed by atoms with Crippen LogP contribution in [0, 0.1) is 5.92 Å². The minimum Gasteiger partial charge on any atom is -0.374 e. The van der Waals surface area contributed by atoms with E-state index >= 15 is 0 Å². The smallest absolute Gasteiger partial charge is 0.249 e. The molecule has 0 radical (unpaired) electrons. The van der Waals surface area contributed by atoms with E-state index in [9.17, 15) is 14.4 Å². The maximum Gasteiger partial charge on any atom is 0.249 e. The quantitative estimate of drug-likeness (QED) is 0.167. The van der Waals surface area contributed by atoms with Crippen LogP contribution in [0.15, 0.2) is 103 Å². The van der Waals surface area contributed by atoms with Gasteiger partial charge < -0.3 is 20.4 Å². The lowest BCUT2D eigenvalue weighted by molar-refractivity contribution is -0.133. The number of nitrogens with one attached hydrogen (secondary N) is 3. The van der Waals surface area contributed by atoms with Gasteiger partial charge in [-0.15, -0.1) is 0 Å². The highest BCUT2D eigenvalue weighted by Gasteiger charge is 2.32. The van der Waals surface area contributed by atoms with Crippen molar-refractivity contribution in [1.29, 1.82) is 0 Å². The molecule has 54 heavy (non-hydrogen) atoms. The van der Waals surface area contributed by atoms with Crippen molar-refractivity contribution in [2.24, 2.45) is 5.92 Å². The number of carbonyl (C=O) groups is 3. The van der Waals surface area contributed by atoms with Gasteiger partial charge in [-0.1, -0.05) is 72.8 Å². The van der Waals surface area contributed by atoms with Gasteiger partial charge in [-0.05, 0) is 96.5 Å². The molecule has 3 fully saturated rings. The lowest BCUT2D eigenvalue weighted by atomic mass is 9.69. The summed E-state index contributed by atoms with van der Waals surface area (Å²) in [6.07, 6.45) is 5.48. The van der Waals surface area contributed by atoms with Crippen molar-refractivity contribution in [1.82, 2.24) is 15.1 Å². The lowest BCUT2D eigenvalue weighted by Gasteiger charge is -2.39. The Balaban J connectivity index is 0.783. The van der Waals surface area contributed by atoms with E-state index in [1.54, 1.807) is 0 Å². The molecule has 9 heteroatoms. The summed E-state index contributed by atoms with van der Waals surface area (Å²) in [5.41, 5.74) is 8.59. The van der Waals surface area contributed by atoms with Crippen molar-refractivity contribution >= 4 is 34.8 Å². The minimum absolute atomic E-state index is 0.0402. The molecule has 3 amide bonds. The van der Waals surface area contributed by atoms with E-state index in [1.165, 1.54) is 47.2 Å². The molecule has 8 rings (SSSR count). The molecule has 4 aromatic carbocycles. The molecular weight excluding hydrogens is 673 g/mol. The summed E-state index contributed by atoms with van der Waals surface area (Å²) in [4.78, 5) is 43.9. The standard InChI is InChI=1S/C45H52N6O3/c52-42-20-19-41(45(54)48-42)46-36-10-6-11-37(29-36)47-43(53)31-50-27-25-49(26-28-50)30-32-21-23-51(24-22-32)38-16-13-35(14-17-38)44-39-12-5-4-9-34(39)15-18-40(44)33-7-2-1-3-8-33/h1-14,16-17,29,32,40-41,44,46H,15,18-28,30-31H2,(H,47,53)(H,48,52,54). The van der Waals surface area contributed by atoms with Gasteiger partial charge in [-0.3, -0.25) is 24.6 Å². The van der Waals surface area contributed by atoms with E-state index in [0.29, 0.717) is 42.8 Å². The van der Waals surface area contributed by atoms with Gasteiger partial charge >= 0.3 is 0 Å². The van der Waals surface area contributed by atoms with Gasteiger partial charge in [0.2, 0.25) is 17.7 Å². The fraction of sp³-hybridized carbons (Fsp3) is 0.400. The number of aryl methyl sites for hydroxylation is 1. The van der Waals surface area contributed by atoms with Crippen LogP contribution in [0.5, 0.6) is 0 Å². The summed E-state index contributed by atoms with van der Waals surface area (Å²) in [5, 5.41) is 8.57. The number of hydrogen-bond acceptors (Lipinski definition) is 7. The SMILES string of the molecule is O=C1CCC(Nc2cccc(NC(=O)CN3CCN(CC4CCN(c5ccc(C6c7ccccc7CCC6c6ccccc6)cc5)CC4)CC3)c2)C(=O)N1. The van der Waals surface area contributed by atoms with Crippen LogP contribution < -0.4 is 20.9 Å². The molecule has 3 N–H and O–H groups in total. The Labute approximate surface area is 319 Å². The number of hydrogen-bond donors (Lipinski definition) is 3. The second-order valence-corrected chi connectivity index (χ2v) is 15.6. The summed E-state index contributed by atoms with van der Waals surface area (Å²) in [6.45, 7) is 7.39. The maximum absolute atomic E-state index is 12.9. The molecule has 0 bridgehead atoms. The summed E-state index contributed by atoms with van der Waals surface area (Å²) in [7, 11) is 0. The molecule has 0 saturated carbocycles. The van der Waals surface area contributed by atoms with Crippen LogP contribution in [0.1, 0.15) is 66.2 Å². The second-order valence-electron chi connectivity index (χ2n) is 15.6.